The van der Waals surface area contributed by atoms with Gasteiger partial charge in [-0.15, -0.1) is 11.6 Å². The van der Waals surface area contributed by atoms with Crippen molar-refractivity contribution in [2.24, 2.45) is 0 Å². The number of hydrogen-bond acceptors (Lipinski definition) is 2. The lowest BCUT2D eigenvalue weighted by molar-refractivity contribution is -0.0714. The van der Waals surface area contributed by atoms with Gasteiger partial charge in [-0.2, -0.15) is 0 Å². The molecule has 3 heteroatoms. The number of rotatable bonds is 6. The van der Waals surface area contributed by atoms with Crippen LogP contribution < -0.4 is 0 Å². The standard InChI is InChI=1S/C15H28ClNO/c1-2-17(12-6-11-16)13-14-7-10-15(18-14)8-4-3-5-9-15/h14H,2-13H2,1H3. The molecule has 1 saturated carbocycles. The van der Waals surface area contributed by atoms with Gasteiger partial charge in [-0.05, 0) is 45.2 Å². The summed E-state index contributed by atoms with van der Waals surface area (Å²) in [7, 11) is 0. The minimum Gasteiger partial charge on any atom is -0.370 e. The molecule has 18 heavy (non-hydrogen) atoms. The fourth-order valence-electron chi connectivity index (χ4n) is 3.54. The highest BCUT2D eigenvalue weighted by Crippen LogP contribution is 2.41. The molecule has 1 aliphatic carbocycles. The van der Waals surface area contributed by atoms with Crippen molar-refractivity contribution in [3.63, 3.8) is 0 Å². The molecule has 2 rings (SSSR count). The lowest BCUT2D eigenvalue weighted by Crippen LogP contribution is -2.37. The molecule has 1 aliphatic heterocycles. The third kappa shape index (κ3) is 3.85. The number of halogens is 1. The fraction of sp³-hybridized carbons (Fsp3) is 1.00. The van der Waals surface area contributed by atoms with Crippen molar-refractivity contribution in [3.05, 3.63) is 0 Å². The third-order valence-electron chi connectivity index (χ3n) is 4.62. The number of nitrogens with zero attached hydrogens (tertiary/aromatic N) is 1. The molecule has 0 aromatic carbocycles. The molecule has 1 saturated heterocycles. The Morgan fingerprint density at radius 2 is 2.00 bits per heavy atom. The van der Waals surface area contributed by atoms with Gasteiger partial charge in [0.15, 0.2) is 0 Å². The van der Waals surface area contributed by atoms with Crippen LogP contribution >= 0.6 is 11.6 Å². The summed E-state index contributed by atoms with van der Waals surface area (Å²) in [6.45, 7) is 5.57. The third-order valence-corrected chi connectivity index (χ3v) is 4.89. The second-order valence-corrected chi connectivity index (χ2v) is 6.34. The molecule has 0 bridgehead atoms. The molecule has 0 amide bonds. The summed E-state index contributed by atoms with van der Waals surface area (Å²) in [6, 6.07) is 0. The summed E-state index contributed by atoms with van der Waals surface area (Å²) in [5.41, 5.74) is 0.273. The molecule has 1 spiro atoms. The van der Waals surface area contributed by atoms with Crippen LogP contribution in [0.1, 0.15) is 58.3 Å². The summed E-state index contributed by atoms with van der Waals surface area (Å²) in [6.07, 6.45) is 10.9. The SMILES string of the molecule is CCN(CCCCl)CC1CCC2(CCCCC2)O1. The van der Waals surface area contributed by atoms with Crippen molar-refractivity contribution in [3.8, 4) is 0 Å². The number of likely N-dealkylation sites (N-methyl/N-ethyl adjacent to an activating group) is 1. The molecular formula is C15H28ClNO. The molecule has 1 heterocycles. The van der Waals surface area contributed by atoms with E-state index in [1.54, 1.807) is 0 Å². The molecule has 0 aromatic heterocycles. The van der Waals surface area contributed by atoms with Crippen molar-refractivity contribution in [2.75, 3.05) is 25.5 Å². The zero-order valence-electron chi connectivity index (χ0n) is 11.8. The van der Waals surface area contributed by atoms with Crippen molar-refractivity contribution in [1.82, 2.24) is 4.90 Å². The Morgan fingerprint density at radius 3 is 2.67 bits per heavy atom. The van der Waals surface area contributed by atoms with E-state index in [1.165, 1.54) is 44.9 Å². The first-order valence-electron chi connectivity index (χ1n) is 7.74. The van der Waals surface area contributed by atoms with Gasteiger partial charge in [0.05, 0.1) is 11.7 Å². The van der Waals surface area contributed by atoms with E-state index in [-0.39, 0.29) is 5.60 Å². The molecule has 0 radical (unpaired) electrons. The van der Waals surface area contributed by atoms with E-state index >= 15 is 0 Å². The highest BCUT2D eigenvalue weighted by molar-refractivity contribution is 6.17. The van der Waals surface area contributed by atoms with E-state index in [0.717, 1.165) is 31.9 Å². The van der Waals surface area contributed by atoms with Crippen LogP contribution in [-0.2, 0) is 4.74 Å². The maximum absolute atomic E-state index is 6.43. The first kappa shape index (κ1) is 14.6. The van der Waals surface area contributed by atoms with Gasteiger partial charge in [-0.3, -0.25) is 0 Å². The monoisotopic (exact) mass is 273 g/mol. The Kier molecular flexibility index (Phi) is 5.78. The van der Waals surface area contributed by atoms with Gasteiger partial charge >= 0.3 is 0 Å². The van der Waals surface area contributed by atoms with E-state index in [0.29, 0.717) is 6.10 Å². The molecule has 2 fully saturated rings. The lowest BCUT2D eigenvalue weighted by Gasteiger charge is -2.34. The van der Waals surface area contributed by atoms with E-state index in [2.05, 4.69) is 11.8 Å². The minimum atomic E-state index is 0.273. The predicted octanol–water partition coefficient (Wildman–Crippen LogP) is 3.82. The van der Waals surface area contributed by atoms with Gasteiger partial charge < -0.3 is 9.64 Å². The zero-order chi connectivity index (χ0) is 12.8. The van der Waals surface area contributed by atoms with Crippen LogP contribution in [0.15, 0.2) is 0 Å². The smallest absolute Gasteiger partial charge is 0.0710 e. The van der Waals surface area contributed by atoms with Crippen molar-refractivity contribution < 1.29 is 4.74 Å². The summed E-state index contributed by atoms with van der Waals surface area (Å²) in [5.74, 6) is 0.770. The van der Waals surface area contributed by atoms with Crippen molar-refractivity contribution >= 4 is 11.6 Å². The molecule has 106 valence electrons. The van der Waals surface area contributed by atoms with Crippen LogP contribution in [-0.4, -0.2) is 42.1 Å². The minimum absolute atomic E-state index is 0.273. The van der Waals surface area contributed by atoms with Gasteiger partial charge in [-0.1, -0.05) is 26.2 Å². The van der Waals surface area contributed by atoms with E-state index in [9.17, 15) is 0 Å². The Balaban J connectivity index is 1.77. The average Bonchev–Trinajstić information content (AvgIpc) is 2.78. The highest BCUT2D eigenvalue weighted by Gasteiger charge is 2.40. The molecule has 0 N–H and O–H groups in total. The quantitative estimate of drug-likeness (QED) is 0.682. The summed E-state index contributed by atoms with van der Waals surface area (Å²) in [5, 5.41) is 0. The van der Waals surface area contributed by atoms with E-state index in [4.69, 9.17) is 16.3 Å². The topological polar surface area (TPSA) is 12.5 Å². The Morgan fingerprint density at radius 1 is 1.22 bits per heavy atom. The van der Waals surface area contributed by atoms with Crippen molar-refractivity contribution in [1.29, 1.82) is 0 Å². The van der Waals surface area contributed by atoms with Crippen molar-refractivity contribution in [2.45, 2.75) is 70.0 Å². The molecular weight excluding hydrogens is 246 g/mol. The van der Waals surface area contributed by atoms with Crippen LogP contribution in [0.2, 0.25) is 0 Å². The average molecular weight is 274 g/mol. The van der Waals surface area contributed by atoms with E-state index < -0.39 is 0 Å². The van der Waals surface area contributed by atoms with Gasteiger partial charge in [-0.25, -0.2) is 0 Å². The zero-order valence-corrected chi connectivity index (χ0v) is 12.6. The molecule has 1 atom stereocenters. The second kappa shape index (κ2) is 7.12. The summed E-state index contributed by atoms with van der Waals surface area (Å²) < 4.78 is 6.43. The van der Waals surface area contributed by atoms with Crippen LogP contribution in [0.4, 0.5) is 0 Å². The predicted molar refractivity (Wildman–Crippen MR) is 77.4 cm³/mol. The highest BCUT2D eigenvalue weighted by atomic mass is 35.5. The molecule has 1 unspecified atom stereocenters. The fourth-order valence-corrected chi connectivity index (χ4v) is 3.66. The first-order chi connectivity index (χ1) is 8.78. The van der Waals surface area contributed by atoms with E-state index in [1.807, 2.05) is 0 Å². The first-order valence-corrected chi connectivity index (χ1v) is 8.27. The van der Waals surface area contributed by atoms with Crippen LogP contribution in [0, 0.1) is 0 Å². The summed E-state index contributed by atoms with van der Waals surface area (Å²) in [4.78, 5) is 2.49. The number of hydrogen-bond donors (Lipinski definition) is 0. The Bertz CT molecular complexity index is 241. The maximum atomic E-state index is 6.43. The molecule has 0 aromatic rings. The van der Waals surface area contributed by atoms with Crippen LogP contribution in [0.3, 0.4) is 0 Å². The normalized spacial score (nSPS) is 27.2. The second-order valence-electron chi connectivity index (χ2n) is 5.96. The largest absolute Gasteiger partial charge is 0.370 e. The number of alkyl halides is 1. The van der Waals surface area contributed by atoms with Gasteiger partial charge in [0.2, 0.25) is 0 Å². The van der Waals surface area contributed by atoms with Crippen LogP contribution in [0.5, 0.6) is 0 Å². The molecule has 2 nitrogen and oxygen atoms in total. The van der Waals surface area contributed by atoms with Gasteiger partial charge in [0, 0.05) is 12.4 Å². The maximum Gasteiger partial charge on any atom is 0.0710 e. The lowest BCUT2D eigenvalue weighted by atomic mass is 9.83. The molecule has 2 aliphatic rings. The van der Waals surface area contributed by atoms with Crippen LogP contribution in [0.25, 0.3) is 0 Å². The Labute approximate surface area is 117 Å². The van der Waals surface area contributed by atoms with Gasteiger partial charge in [0.1, 0.15) is 0 Å². The van der Waals surface area contributed by atoms with Gasteiger partial charge in [0.25, 0.3) is 0 Å². The Hall–Kier alpha value is 0.210. The summed E-state index contributed by atoms with van der Waals surface area (Å²) >= 11 is 5.78. The number of ether oxygens (including phenoxy) is 1.